The van der Waals surface area contributed by atoms with Gasteiger partial charge in [-0.15, -0.1) is 0 Å². The lowest BCUT2D eigenvalue weighted by atomic mass is 10.3. The van der Waals surface area contributed by atoms with Crippen LogP contribution in [0, 0.1) is 0 Å². The quantitative estimate of drug-likeness (QED) is 0.790. The maximum absolute atomic E-state index is 5.27. The van der Waals surface area contributed by atoms with Crippen molar-refractivity contribution in [2.45, 2.75) is 19.3 Å². The molecule has 5 heteroatoms. The van der Waals surface area contributed by atoms with E-state index in [4.69, 9.17) is 12.2 Å². The van der Waals surface area contributed by atoms with E-state index >= 15 is 0 Å². The summed E-state index contributed by atoms with van der Waals surface area (Å²) in [6.07, 6.45) is 8.40. The minimum Gasteiger partial charge on any atom is -0.367 e. The molecule has 0 radical (unpaired) electrons. The van der Waals surface area contributed by atoms with Crippen LogP contribution in [0.3, 0.4) is 0 Å². The van der Waals surface area contributed by atoms with Crippen LogP contribution in [0.15, 0.2) is 18.6 Å². The van der Waals surface area contributed by atoms with Gasteiger partial charge in [0.2, 0.25) is 0 Å². The van der Waals surface area contributed by atoms with Gasteiger partial charge >= 0.3 is 0 Å². The smallest absolute Gasteiger partial charge is 0.0824 e. The Morgan fingerprint density at radius 1 is 1.38 bits per heavy atom. The number of nitrogens with zero attached hydrogens (tertiary/aromatic N) is 3. The Labute approximate surface area is 101 Å². The van der Waals surface area contributed by atoms with E-state index < -0.39 is 0 Å². The minimum atomic E-state index is 0.678. The molecule has 4 nitrogen and oxygen atoms in total. The maximum atomic E-state index is 5.27. The SMILES string of the molecule is S=C(Cc1cnccn1)NCN1CCCC1. The normalized spacial score (nSPS) is 16.2. The van der Waals surface area contributed by atoms with E-state index in [-0.39, 0.29) is 0 Å². The third-order valence-electron chi connectivity index (χ3n) is 2.66. The number of hydrogen-bond donors (Lipinski definition) is 1. The third-order valence-corrected chi connectivity index (χ3v) is 2.95. The number of hydrogen-bond acceptors (Lipinski definition) is 4. The van der Waals surface area contributed by atoms with Gasteiger partial charge in [-0.3, -0.25) is 14.9 Å². The fraction of sp³-hybridized carbons (Fsp3) is 0.545. The number of thiocarbonyl (C=S) groups is 1. The molecule has 1 aliphatic heterocycles. The lowest BCUT2D eigenvalue weighted by molar-refractivity contribution is 0.333. The van der Waals surface area contributed by atoms with Gasteiger partial charge in [0.05, 0.1) is 17.4 Å². The topological polar surface area (TPSA) is 41.1 Å². The highest BCUT2D eigenvalue weighted by atomic mass is 32.1. The average Bonchev–Trinajstić information content (AvgIpc) is 2.81. The molecule has 1 aliphatic rings. The standard InChI is InChI=1S/C11H16N4S/c16-11(7-10-8-12-3-4-13-10)14-9-15-5-1-2-6-15/h3-4,8H,1-2,5-7,9H2,(H,14,16). The van der Waals surface area contributed by atoms with Crippen LogP contribution in [0.4, 0.5) is 0 Å². The molecule has 0 atom stereocenters. The van der Waals surface area contributed by atoms with Gasteiger partial charge in [-0.05, 0) is 25.9 Å². The summed E-state index contributed by atoms with van der Waals surface area (Å²) in [6.45, 7) is 3.22. The van der Waals surface area contributed by atoms with Gasteiger partial charge in [0.25, 0.3) is 0 Å². The number of aromatic nitrogens is 2. The largest absolute Gasteiger partial charge is 0.367 e. The average molecular weight is 236 g/mol. The van der Waals surface area contributed by atoms with E-state index in [2.05, 4.69) is 20.2 Å². The molecule has 16 heavy (non-hydrogen) atoms. The van der Waals surface area contributed by atoms with Crippen LogP contribution < -0.4 is 5.32 Å². The van der Waals surface area contributed by atoms with Crippen LogP contribution in [-0.2, 0) is 6.42 Å². The van der Waals surface area contributed by atoms with Gasteiger partial charge in [-0.2, -0.15) is 0 Å². The number of likely N-dealkylation sites (tertiary alicyclic amines) is 1. The molecule has 1 saturated heterocycles. The lowest BCUT2D eigenvalue weighted by Crippen LogP contribution is -2.35. The zero-order valence-electron chi connectivity index (χ0n) is 9.22. The molecule has 0 amide bonds. The highest BCUT2D eigenvalue weighted by Crippen LogP contribution is 2.05. The molecule has 86 valence electrons. The molecule has 0 unspecified atom stereocenters. The molecular formula is C11H16N4S. The summed E-state index contributed by atoms with van der Waals surface area (Å²) in [5, 5.41) is 3.26. The summed E-state index contributed by atoms with van der Waals surface area (Å²) in [4.78, 5) is 11.4. The van der Waals surface area contributed by atoms with Gasteiger partial charge in [-0.25, -0.2) is 0 Å². The van der Waals surface area contributed by atoms with Crippen molar-refractivity contribution in [1.82, 2.24) is 20.2 Å². The fourth-order valence-corrected chi connectivity index (χ4v) is 2.00. The second kappa shape index (κ2) is 5.86. The van der Waals surface area contributed by atoms with Crippen molar-refractivity contribution in [2.24, 2.45) is 0 Å². The van der Waals surface area contributed by atoms with E-state index in [1.54, 1.807) is 18.6 Å². The predicted molar refractivity (Wildman–Crippen MR) is 67.1 cm³/mol. The van der Waals surface area contributed by atoms with Gasteiger partial charge in [0.1, 0.15) is 0 Å². The number of nitrogens with one attached hydrogen (secondary N) is 1. The first-order chi connectivity index (χ1) is 7.84. The fourth-order valence-electron chi connectivity index (χ4n) is 1.79. The summed E-state index contributed by atoms with van der Waals surface area (Å²) in [6, 6.07) is 0. The molecule has 2 rings (SSSR count). The first-order valence-corrected chi connectivity index (χ1v) is 5.99. The van der Waals surface area contributed by atoms with Gasteiger partial charge < -0.3 is 5.32 Å². The molecule has 1 aromatic heterocycles. The summed E-state index contributed by atoms with van der Waals surface area (Å²) >= 11 is 5.27. The van der Waals surface area contributed by atoms with Crippen LogP contribution in [0.25, 0.3) is 0 Å². The molecule has 0 aromatic carbocycles. The second-order valence-electron chi connectivity index (χ2n) is 3.96. The van der Waals surface area contributed by atoms with Crippen LogP contribution in [0.1, 0.15) is 18.5 Å². The van der Waals surface area contributed by atoms with Gasteiger partial charge in [0.15, 0.2) is 0 Å². The summed E-state index contributed by atoms with van der Waals surface area (Å²) < 4.78 is 0. The zero-order valence-corrected chi connectivity index (χ0v) is 10.0. The minimum absolute atomic E-state index is 0.678. The third kappa shape index (κ3) is 3.50. The van der Waals surface area contributed by atoms with E-state index in [0.717, 1.165) is 17.4 Å². The van der Waals surface area contributed by atoms with Crippen molar-refractivity contribution < 1.29 is 0 Å². The Hall–Kier alpha value is -1.07. The highest BCUT2D eigenvalue weighted by Gasteiger charge is 2.11. The van der Waals surface area contributed by atoms with E-state index in [0.29, 0.717) is 6.42 Å². The molecule has 0 aliphatic carbocycles. The summed E-state index contributed by atoms with van der Waals surface area (Å²) in [5.41, 5.74) is 0.918. The Balaban J connectivity index is 1.72. The molecule has 1 N–H and O–H groups in total. The van der Waals surface area contributed by atoms with Crippen molar-refractivity contribution in [3.8, 4) is 0 Å². The van der Waals surface area contributed by atoms with Crippen molar-refractivity contribution in [3.63, 3.8) is 0 Å². The van der Waals surface area contributed by atoms with Crippen LogP contribution >= 0.6 is 12.2 Å². The van der Waals surface area contributed by atoms with Crippen molar-refractivity contribution >= 4 is 17.2 Å². The molecular weight excluding hydrogens is 220 g/mol. The van der Waals surface area contributed by atoms with Crippen LogP contribution in [0.2, 0.25) is 0 Å². The van der Waals surface area contributed by atoms with Crippen molar-refractivity contribution in [1.29, 1.82) is 0 Å². The van der Waals surface area contributed by atoms with Crippen LogP contribution in [-0.4, -0.2) is 39.6 Å². The van der Waals surface area contributed by atoms with Crippen molar-refractivity contribution in [2.75, 3.05) is 19.8 Å². The molecule has 1 fully saturated rings. The van der Waals surface area contributed by atoms with E-state index in [1.165, 1.54) is 25.9 Å². The summed E-state index contributed by atoms with van der Waals surface area (Å²) in [5.74, 6) is 0. The molecule has 0 spiro atoms. The maximum Gasteiger partial charge on any atom is 0.0824 e. The first-order valence-electron chi connectivity index (χ1n) is 5.58. The van der Waals surface area contributed by atoms with E-state index in [9.17, 15) is 0 Å². The molecule has 0 saturated carbocycles. The van der Waals surface area contributed by atoms with E-state index in [1.807, 2.05) is 0 Å². The zero-order chi connectivity index (χ0) is 11.2. The Bertz CT molecular complexity index is 335. The second-order valence-corrected chi connectivity index (χ2v) is 4.45. The monoisotopic (exact) mass is 236 g/mol. The Kier molecular flexibility index (Phi) is 4.18. The highest BCUT2D eigenvalue weighted by molar-refractivity contribution is 7.80. The molecule has 2 heterocycles. The Morgan fingerprint density at radius 3 is 2.88 bits per heavy atom. The molecule has 1 aromatic rings. The lowest BCUT2D eigenvalue weighted by Gasteiger charge is -2.16. The van der Waals surface area contributed by atoms with Crippen LogP contribution in [0.5, 0.6) is 0 Å². The van der Waals surface area contributed by atoms with Gasteiger partial charge in [-0.1, -0.05) is 12.2 Å². The van der Waals surface area contributed by atoms with Crippen molar-refractivity contribution in [3.05, 3.63) is 24.3 Å². The Morgan fingerprint density at radius 2 is 2.19 bits per heavy atom. The predicted octanol–water partition coefficient (Wildman–Crippen LogP) is 0.989. The summed E-state index contributed by atoms with van der Waals surface area (Å²) in [7, 11) is 0. The van der Waals surface area contributed by atoms with Gasteiger partial charge in [0, 0.05) is 25.0 Å². The molecule has 0 bridgehead atoms. The first kappa shape index (κ1) is 11.4. The number of rotatable bonds is 4.